The van der Waals surface area contributed by atoms with Crippen LogP contribution in [0.1, 0.15) is 34.1 Å². The maximum atomic E-state index is 2.38. The zero-order chi connectivity index (χ0) is 9.11. The molecular weight excluding hydrogens is 186 g/mol. The molecule has 0 N–H and O–H groups in total. The maximum absolute atomic E-state index is 2.38. The molecule has 0 aromatic heterocycles. The van der Waals surface area contributed by atoms with Gasteiger partial charge in [-0.05, 0) is 19.6 Å². The lowest BCUT2D eigenvalue weighted by Crippen LogP contribution is -2.21. The average Bonchev–Trinajstić information content (AvgIpc) is 2.08. The molecule has 0 aliphatic carbocycles. The number of halogens is 1. The van der Waals surface area contributed by atoms with Crippen LogP contribution < -0.4 is 0 Å². The molecule has 1 nitrogen and oxygen atoms in total. The van der Waals surface area contributed by atoms with Crippen molar-refractivity contribution in [3.63, 3.8) is 0 Å². The monoisotopic (exact) mass is 210 g/mol. The van der Waals surface area contributed by atoms with Crippen LogP contribution >= 0.6 is 12.4 Å². The summed E-state index contributed by atoms with van der Waals surface area (Å²) in [5.41, 5.74) is 0. The summed E-state index contributed by atoms with van der Waals surface area (Å²) in [5.74, 6) is 0. The fourth-order valence-electron chi connectivity index (χ4n) is 0.671. The molecule has 77 valence electrons. The van der Waals surface area contributed by atoms with Crippen LogP contribution in [0.2, 0.25) is 6.04 Å². The van der Waals surface area contributed by atoms with Crippen molar-refractivity contribution < 1.29 is 0 Å². The fraction of sp³-hybridized carbons (Fsp3) is 1.00. The minimum Gasteiger partial charge on any atom is -0.304 e. The number of rotatable bonds is 4. The minimum atomic E-state index is 0. The first-order valence-corrected chi connectivity index (χ1v) is 5.78. The van der Waals surface area contributed by atoms with Gasteiger partial charge in [0.15, 0.2) is 0 Å². The minimum absolute atomic E-state index is 0. The second-order valence-electron chi connectivity index (χ2n) is 2.47. The number of hydrogen-bond acceptors (Lipinski definition) is 1. The summed E-state index contributed by atoms with van der Waals surface area (Å²) >= 11 is 0. The Bertz CT molecular complexity index is 51.0. The summed E-state index contributed by atoms with van der Waals surface area (Å²) in [6.45, 7) is 12.3. The molecular formula is C9H25ClNSi. The van der Waals surface area contributed by atoms with Crippen molar-refractivity contribution in [3.8, 4) is 0 Å². The van der Waals surface area contributed by atoms with Gasteiger partial charge in [-0.15, -0.1) is 12.4 Å². The van der Waals surface area contributed by atoms with E-state index in [1.54, 1.807) is 0 Å². The molecule has 1 radical (unpaired) electrons. The van der Waals surface area contributed by atoms with Gasteiger partial charge in [0.25, 0.3) is 0 Å². The van der Waals surface area contributed by atoms with Gasteiger partial charge in [0, 0.05) is 10.2 Å². The average molecular weight is 211 g/mol. The molecule has 0 amide bonds. The van der Waals surface area contributed by atoms with Gasteiger partial charge in [-0.3, -0.25) is 0 Å². The van der Waals surface area contributed by atoms with Crippen molar-refractivity contribution >= 4 is 22.6 Å². The van der Waals surface area contributed by atoms with Crippen LogP contribution in [0.4, 0.5) is 0 Å². The fourth-order valence-corrected chi connectivity index (χ4v) is 0.671. The summed E-state index contributed by atoms with van der Waals surface area (Å²) < 4.78 is 0. The maximum Gasteiger partial charge on any atom is 0.00795 e. The van der Waals surface area contributed by atoms with Crippen LogP contribution in [-0.4, -0.2) is 34.8 Å². The molecule has 0 aromatic carbocycles. The van der Waals surface area contributed by atoms with Crippen molar-refractivity contribution in [2.45, 2.75) is 40.2 Å². The van der Waals surface area contributed by atoms with Gasteiger partial charge in [-0.25, -0.2) is 0 Å². The van der Waals surface area contributed by atoms with Gasteiger partial charge in [-0.2, -0.15) is 0 Å². The van der Waals surface area contributed by atoms with Gasteiger partial charge >= 0.3 is 0 Å². The molecule has 0 fully saturated rings. The van der Waals surface area contributed by atoms with E-state index in [1.807, 2.05) is 10.2 Å². The Morgan fingerprint density at radius 2 is 1.17 bits per heavy atom. The molecule has 12 heavy (non-hydrogen) atoms. The number of hydrogen-bond donors (Lipinski definition) is 0. The largest absolute Gasteiger partial charge is 0.304 e. The van der Waals surface area contributed by atoms with E-state index in [4.69, 9.17) is 0 Å². The van der Waals surface area contributed by atoms with Gasteiger partial charge in [0.05, 0.1) is 0 Å². The highest BCUT2D eigenvalue weighted by Gasteiger charge is 1.89. The van der Waals surface area contributed by atoms with E-state index in [0.29, 0.717) is 0 Å². The zero-order valence-corrected chi connectivity index (χ0v) is 11.3. The molecule has 0 saturated heterocycles. The quantitative estimate of drug-likeness (QED) is 0.644. The lowest BCUT2D eigenvalue weighted by molar-refractivity contribution is 0.321. The van der Waals surface area contributed by atoms with Gasteiger partial charge in [0.2, 0.25) is 0 Å². The van der Waals surface area contributed by atoms with E-state index in [-0.39, 0.29) is 12.4 Å². The second kappa shape index (κ2) is 17.5. The smallest absolute Gasteiger partial charge is 0.00795 e. The Balaban J connectivity index is -0.000000142. The molecule has 0 rings (SSSR count). The van der Waals surface area contributed by atoms with Crippen LogP contribution in [-0.2, 0) is 0 Å². The normalized spacial score (nSPS) is 8.50. The van der Waals surface area contributed by atoms with E-state index in [9.17, 15) is 0 Å². The van der Waals surface area contributed by atoms with E-state index in [1.165, 1.54) is 32.1 Å². The zero-order valence-electron chi connectivity index (χ0n) is 9.10. The Labute approximate surface area is 87.7 Å². The standard InChI is InChI=1S/C6H15N.C3H9Si.ClH/c1-4-7(5-2)6-3;1-2-3-4;/h4-6H2,1-3H3;2-4H2,1H3;1H. The van der Waals surface area contributed by atoms with Crippen molar-refractivity contribution in [3.05, 3.63) is 0 Å². The molecule has 0 aliphatic rings. The van der Waals surface area contributed by atoms with Gasteiger partial charge < -0.3 is 4.90 Å². The van der Waals surface area contributed by atoms with Crippen molar-refractivity contribution in [2.24, 2.45) is 0 Å². The molecule has 0 aromatic rings. The van der Waals surface area contributed by atoms with Gasteiger partial charge in [-0.1, -0.05) is 40.2 Å². The van der Waals surface area contributed by atoms with E-state index in [0.717, 1.165) is 0 Å². The van der Waals surface area contributed by atoms with E-state index >= 15 is 0 Å². The van der Waals surface area contributed by atoms with E-state index in [2.05, 4.69) is 32.6 Å². The molecule has 0 heterocycles. The highest BCUT2D eigenvalue weighted by atomic mass is 35.5. The van der Waals surface area contributed by atoms with Crippen molar-refractivity contribution in [1.82, 2.24) is 4.90 Å². The summed E-state index contributed by atoms with van der Waals surface area (Å²) in [7, 11) is 2.02. The Morgan fingerprint density at radius 3 is 1.17 bits per heavy atom. The predicted octanol–water partition coefficient (Wildman–Crippen LogP) is 2.22. The van der Waals surface area contributed by atoms with Crippen LogP contribution in [0, 0.1) is 0 Å². The SMILES string of the molecule is CCC[SiH2].CCN(CC)CC.Cl. The third kappa shape index (κ3) is 16.8. The molecule has 0 aliphatic heterocycles. The van der Waals surface area contributed by atoms with Crippen LogP contribution in [0.5, 0.6) is 0 Å². The molecule has 0 unspecified atom stereocenters. The molecule has 0 spiro atoms. The third-order valence-corrected chi connectivity index (χ3v) is 2.40. The van der Waals surface area contributed by atoms with E-state index < -0.39 is 0 Å². The lowest BCUT2D eigenvalue weighted by atomic mass is 10.5. The highest BCUT2D eigenvalue weighted by molar-refractivity contribution is 6.08. The summed E-state index contributed by atoms with van der Waals surface area (Å²) in [6.07, 6.45) is 1.33. The lowest BCUT2D eigenvalue weighted by Gasteiger charge is -2.13. The molecule has 0 saturated carbocycles. The van der Waals surface area contributed by atoms with Crippen LogP contribution in [0.3, 0.4) is 0 Å². The molecule has 0 bridgehead atoms. The van der Waals surface area contributed by atoms with Crippen LogP contribution in [0.15, 0.2) is 0 Å². The third-order valence-electron chi connectivity index (χ3n) is 1.70. The first-order valence-electron chi connectivity index (χ1n) is 4.78. The first kappa shape index (κ1) is 18.3. The Kier molecular flexibility index (Phi) is 26.7. The summed E-state index contributed by atoms with van der Waals surface area (Å²) in [6, 6.07) is 1.35. The highest BCUT2D eigenvalue weighted by Crippen LogP contribution is 1.81. The number of nitrogens with zero attached hydrogens (tertiary/aromatic N) is 1. The second-order valence-corrected chi connectivity index (χ2v) is 3.18. The molecule has 0 atom stereocenters. The van der Waals surface area contributed by atoms with Crippen molar-refractivity contribution in [1.29, 1.82) is 0 Å². The topological polar surface area (TPSA) is 3.24 Å². The first-order chi connectivity index (χ1) is 5.26. The van der Waals surface area contributed by atoms with Crippen molar-refractivity contribution in [2.75, 3.05) is 19.6 Å². The predicted molar refractivity (Wildman–Crippen MR) is 64.4 cm³/mol. The summed E-state index contributed by atoms with van der Waals surface area (Å²) in [4.78, 5) is 2.38. The Morgan fingerprint density at radius 1 is 0.917 bits per heavy atom. The summed E-state index contributed by atoms with van der Waals surface area (Å²) in [5, 5.41) is 0. The van der Waals surface area contributed by atoms with Gasteiger partial charge in [0.1, 0.15) is 0 Å². The Hall–Kier alpha value is 0.467. The van der Waals surface area contributed by atoms with Crippen LogP contribution in [0.25, 0.3) is 0 Å². The molecule has 3 heteroatoms.